The summed E-state index contributed by atoms with van der Waals surface area (Å²) in [6.45, 7) is 0.208. The van der Waals surface area contributed by atoms with Crippen molar-refractivity contribution in [1.82, 2.24) is 15.1 Å². The summed E-state index contributed by atoms with van der Waals surface area (Å²) in [5.74, 6) is 2.01. The van der Waals surface area contributed by atoms with E-state index in [4.69, 9.17) is 6.42 Å². The van der Waals surface area contributed by atoms with Crippen LogP contribution >= 0.6 is 0 Å². The van der Waals surface area contributed by atoms with Crippen LogP contribution in [0.3, 0.4) is 0 Å². The first-order valence-electron chi connectivity index (χ1n) is 3.90. The maximum atomic E-state index is 11.5. The number of carbonyl (C=O) groups excluding carboxylic acids is 1. The Labute approximate surface area is 80.7 Å². The number of aromatic amines is 1. The molecular formula is C9H9N3O2. The molecular weight excluding hydrogens is 182 g/mol. The topological polar surface area (TPSA) is 66.1 Å². The van der Waals surface area contributed by atoms with Crippen molar-refractivity contribution < 1.29 is 4.79 Å². The van der Waals surface area contributed by atoms with Gasteiger partial charge in [-0.1, -0.05) is 5.92 Å². The van der Waals surface area contributed by atoms with Gasteiger partial charge in [-0.15, -0.1) is 6.42 Å². The Morgan fingerprint density at radius 1 is 1.71 bits per heavy atom. The number of nitrogens with zero attached hydrogens (tertiary/aromatic N) is 2. The monoisotopic (exact) mass is 191 g/mol. The average molecular weight is 191 g/mol. The molecule has 1 aromatic rings. The third kappa shape index (κ3) is 2.20. The molecule has 0 bridgehead atoms. The van der Waals surface area contributed by atoms with Crippen LogP contribution in [0, 0.1) is 12.3 Å². The van der Waals surface area contributed by atoms with E-state index in [1.807, 2.05) is 0 Å². The van der Waals surface area contributed by atoms with Crippen molar-refractivity contribution in [3.05, 3.63) is 28.2 Å². The average Bonchev–Trinajstić information content (AvgIpc) is 2.18. The molecule has 1 N–H and O–H groups in total. The van der Waals surface area contributed by atoms with Crippen molar-refractivity contribution in [2.75, 3.05) is 13.6 Å². The normalized spacial score (nSPS) is 9.14. The van der Waals surface area contributed by atoms with Crippen molar-refractivity contribution in [3.63, 3.8) is 0 Å². The third-order valence-corrected chi connectivity index (χ3v) is 1.57. The van der Waals surface area contributed by atoms with Gasteiger partial charge in [0.15, 0.2) is 0 Å². The van der Waals surface area contributed by atoms with E-state index < -0.39 is 0 Å². The van der Waals surface area contributed by atoms with Gasteiger partial charge in [-0.25, -0.2) is 5.10 Å². The molecule has 5 nitrogen and oxygen atoms in total. The predicted molar refractivity (Wildman–Crippen MR) is 50.7 cm³/mol. The van der Waals surface area contributed by atoms with Crippen LogP contribution in [0.15, 0.2) is 16.9 Å². The second-order valence-electron chi connectivity index (χ2n) is 2.67. The first-order valence-corrected chi connectivity index (χ1v) is 3.90. The van der Waals surface area contributed by atoms with Gasteiger partial charge in [0.1, 0.15) is 5.69 Å². The molecule has 0 fully saturated rings. The second-order valence-corrected chi connectivity index (χ2v) is 2.67. The van der Waals surface area contributed by atoms with Gasteiger partial charge < -0.3 is 4.90 Å². The lowest BCUT2D eigenvalue weighted by Gasteiger charge is -2.11. The Bertz CT molecular complexity index is 410. The smallest absolute Gasteiger partial charge is 0.274 e. The van der Waals surface area contributed by atoms with Crippen molar-refractivity contribution >= 4 is 5.91 Å². The molecule has 14 heavy (non-hydrogen) atoms. The number of nitrogens with one attached hydrogen (secondary N) is 1. The number of hydrogen-bond donors (Lipinski definition) is 1. The van der Waals surface area contributed by atoms with Crippen LogP contribution in [0.2, 0.25) is 0 Å². The Hall–Kier alpha value is -2.09. The fraction of sp³-hybridized carbons (Fsp3) is 0.222. The third-order valence-electron chi connectivity index (χ3n) is 1.57. The highest BCUT2D eigenvalue weighted by atomic mass is 16.2. The Balaban J connectivity index is 2.85. The van der Waals surface area contributed by atoms with Gasteiger partial charge in [0, 0.05) is 13.1 Å². The van der Waals surface area contributed by atoms with Crippen LogP contribution in [0.1, 0.15) is 10.5 Å². The highest BCUT2D eigenvalue weighted by Crippen LogP contribution is 1.95. The maximum Gasteiger partial charge on any atom is 0.274 e. The second kappa shape index (κ2) is 4.23. The molecule has 1 rings (SSSR count). The highest BCUT2D eigenvalue weighted by molar-refractivity contribution is 5.92. The largest absolute Gasteiger partial charge is 0.329 e. The molecule has 0 radical (unpaired) electrons. The minimum Gasteiger partial charge on any atom is -0.329 e. The minimum atomic E-state index is -0.346. The van der Waals surface area contributed by atoms with Crippen molar-refractivity contribution in [1.29, 1.82) is 0 Å². The maximum absolute atomic E-state index is 11.5. The SMILES string of the molecule is C#CCN(C)C(=O)c1ccc(=O)[nH]n1. The minimum absolute atomic E-state index is 0.169. The molecule has 0 aromatic carbocycles. The summed E-state index contributed by atoms with van der Waals surface area (Å²) in [5.41, 5.74) is -0.177. The Kier molecular flexibility index (Phi) is 3.02. The number of amides is 1. The van der Waals surface area contributed by atoms with Gasteiger partial charge >= 0.3 is 0 Å². The Morgan fingerprint density at radius 2 is 2.43 bits per heavy atom. The summed E-state index contributed by atoms with van der Waals surface area (Å²) >= 11 is 0. The summed E-state index contributed by atoms with van der Waals surface area (Å²) in [6, 6.07) is 2.60. The zero-order valence-corrected chi connectivity index (χ0v) is 7.65. The fourth-order valence-electron chi connectivity index (χ4n) is 0.868. The first kappa shape index (κ1) is 9.99. The number of H-pyrrole nitrogens is 1. The van der Waals surface area contributed by atoms with E-state index in [0.29, 0.717) is 0 Å². The van der Waals surface area contributed by atoms with Crippen LogP contribution in [0.25, 0.3) is 0 Å². The van der Waals surface area contributed by atoms with Crippen molar-refractivity contribution in [2.24, 2.45) is 0 Å². The molecule has 72 valence electrons. The zero-order valence-electron chi connectivity index (χ0n) is 7.65. The van der Waals surface area contributed by atoms with Crippen LogP contribution in [-0.2, 0) is 0 Å². The summed E-state index contributed by atoms with van der Waals surface area (Å²) in [5, 5.41) is 5.76. The summed E-state index contributed by atoms with van der Waals surface area (Å²) < 4.78 is 0. The number of terminal acetylenes is 1. The number of hydrogen-bond acceptors (Lipinski definition) is 3. The Morgan fingerprint density at radius 3 is 2.93 bits per heavy atom. The summed E-state index contributed by atoms with van der Waals surface area (Å²) in [4.78, 5) is 23.5. The quantitative estimate of drug-likeness (QED) is 0.639. The summed E-state index contributed by atoms with van der Waals surface area (Å²) in [7, 11) is 1.56. The van der Waals surface area contributed by atoms with Crippen LogP contribution in [0.4, 0.5) is 0 Å². The van der Waals surface area contributed by atoms with E-state index in [0.717, 1.165) is 0 Å². The molecule has 0 atom stereocenters. The number of rotatable bonds is 2. The molecule has 0 aliphatic carbocycles. The molecule has 0 saturated heterocycles. The molecule has 0 saturated carbocycles. The van der Waals surface area contributed by atoms with Crippen molar-refractivity contribution in [2.45, 2.75) is 0 Å². The molecule has 0 aliphatic rings. The van der Waals surface area contributed by atoms with Crippen LogP contribution < -0.4 is 5.56 Å². The van der Waals surface area contributed by atoms with E-state index in [9.17, 15) is 9.59 Å². The van der Waals surface area contributed by atoms with E-state index in [2.05, 4.69) is 16.1 Å². The number of carbonyl (C=O) groups is 1. The molecule has 0 unspecified atom stereocenters. The summed E-state index contributed by atoms with van der Waals surface area (Å²) in [6.07, 6.45) is 5.05. The van der Waals surface area contributed by atoms with Gasteiger partial charge in [-0.05, 0) is 6.07 Å². The lowest BCUT2D eigenvalue weighted by atomic mass is 10.3. The number of aromatic nitrogens is 2. The molecule has 1 heterocycles. The van der Waals surface area contributed by atoms with Crippen LogP contribution in [-0.4, -0.2) is 34.6 Å². The lowest BCUT2D eigenvalue weighted by molar-refractivity contribution is 0.0805. The molecule has 1 aromatic heterocycles. The zero-order chi connectivity index (χ0) is 10.6. The van der Waals surface area contributed by atoms with E-state index in [1.54, 1.807) is 7.05 Å². The van der Waals surface area contributed by atoms with E-state index in [-0.39, 0.29) is 23.7 Å². The molecule has 5 heteroatoms. The molecule has 1 amide bonds. The molecule has 0 spiro atoms. The lowest BCUT2D eigenvalue weighted by Crippen LogP contribution is -2.28. The standard InChI is InChI=1S/C9H9N3O2/c1-3-6-12(2)9(14)7-4-5-8(13)11-10-7/h1,4-5H,6H2,2H3,(H,11,13). The van der Waals surface area contributed by atoms with Gasteiger partial charge in [-0.2, -0.15) is 5.10 Å². The fourth-order valence-corrected chi connectivity index (χ4v) is 0.868. The van der Waals surface area contributed by atoms with Gasteiger partial charge in [0.2, 0.25) is 0 Å². The molecule has 0 aliphatic heterocycles. The van der Waals surface area contributed by atoms with E-state index in [1.165, 1.54) is 17.0 Å². The van der Waals surface area contributed by atoms with Gasteiger partial charge in [-0.3, -0.25) is 9.59 Å². The predicted octanol–water partition coefficient (Wildman–Crippen LogP) is -0.525. The van der Waals surface area contributed by atoms with Crippen molar-refractivity contribution in [3.8, 4) is 12.3 Å². The van der Waals surface area contributed by atoms with Gasteiger partial charge in [0.25, 0.3) is 11.5 Å². The van der Waals surface area contributed by atoms with Crippen LogP contribution in [0.5, 0.6) is 0 Å². The highest BCUT2D eigenvalue weighted by Gasteiger charge is 2.11. The van der Waals surface area contributed by atoms with E-state index >= 15 is 0 Å². The van der Waals surface area contributed by atoms with Gasteiger partial charge in [0.05, 0.1) is 6.54 Å². The first-order chi connectivity index (χ1) is 6.65.